The molecule has 0 saturated heterocycles. The number of hydrogen-bond acceptors (Lipinski definition) is 1. The van der Waals surface area contributed by atoms with Crippen LogP contribution in [0.3, 0.4) is 0 Å². The van der Waals surface area contributed by atoms with E-state index in [2.05, 4.69) is 23.8 Å². The lowest BCUT2D eigenvalue weighted by Gasteiger charge is -1.92. The molecule has 0 N–H and O–H groups in total. The first-order valence-electron chi connectivity index (χ1n) is 5.04. The van der Waals surface area contributed by atoms with E-state index in [9.17, 15) is 0 Å². The monoisotopic (exact) mass is 219 g/mol. The van der Waals surface area contributed by atoms with Gasteiger partial charge in [0.2, 0.25) is 0 Å². The van der Waals surface area contributed by atoms with Crippen molar-refractivity contribution in [2.24, 2.45) is 4.99 Å². The molecule has 0 bridgehead atoms. The van der Waals surface area contributed by atoms with Gasteiger partial charge in [-0.05, 0) is 24.1 Å². The van der Waals surface area contributed by atoms with Crippen molar-refractivity contribution in [3.05, 3.63) is 34.9 Å². The number of unbranched alkanes of at least 4 members (excludes halogenated alkanes) is 1. The molecular weight excluding hydrogens is 206 g/mol. The average Bonchev–Trinajstić information content (AvgIpc) is 2.23. The molecular formula is C13H14ClN. The van der Waals surface area contributed by atoms with E-state index in [1.807, 2.05) is 24.3 Å². The minimum Gasteiger partial charge on any atom is -0.280 e. The molecule has 2 heteroatoms. The summed E-state index contributed by atoms with van der Waals surface area (Å²) in [6.45, 7) is 2.68. The van der Waals surface area contributed by atoms with E-state index in [0.717, 1.165) is 23.4 Å². The Labute approximate surface area is 96.2 Å². The van der Waals surface area contributed by atoms with Crippen molar-refractivity contribution < 1.29 is 0 Å². The topological polar surface area (TPSA) is 12.4 Å². The lowest BCUT2D eigenvalue weighted by molar-refractivity contribution is 0.982. The first-order chi connectivity index (χ1) is 7.33. The fraction of sp³-hybridized carbons (Fsp3) is 0.308. The summed E-state index contributed by atoms with van der Waals surface area (Å²) in [5.74, 6) is 6.03. The van der Waals surface area contributed by atoms with Gasteiger partial charge in [-0.25, -0.2) is 0 Å². The van der Waals surface area contributed by atoms with E-state index in [1.165, 1.54) is 0 Å². The highest BCUT2D eigenvalue weighted by atomic mass is 35.5. The number of rotatable bonds is 3. The minimum atomic E-state index is 0.562. The van der Waals surface area contributed by atoms with Crippen LogP contribution in [0, 0.1) is 11.8 Å². The molecule has 0 fully saturated rings. The normalized spacial score (nSPS) is 10.0. The van der Waals surface area contributed by atoms with Crippen LogP contribution in [0.4, 0.5) is 0 Å². The van der Waals surface area contributed by atoms with E-state index in [4.69, 9.17) is 11.6 Å². The second-order valence-corrected chi connectivity index (χ2v) is 3.56. The first-order valence-corrected chi connectivity index (χ1v) is 5.42. The van der Waals surface area contributed by atoms with Crippen molar-refractivity contribution in [3.8, 4) is 11.8 Å². The van der Waals surface area contributed by atoms with Crippen molar-refractivity contribution in [2.75, 3.05) is 6.54 Å². The zero-order valence-corrected chi connectivity index (χ0v) is 9.59. The number of halogens is 1. The van der Waals surface area contributed by atoms with Crippen molar-refractivity contribution in [2.45, 2.75) is 19.8 Å². The zero-order valence-electron chi connectivity index (χ0n) is 8.83. The van der Waals surface area contributed by atoms with Crippen LogP contribution in [0.25, 0.3) is 0 Å². The standard InChI is InChI=1S/C13H14ClN/c1-2-3-4-5-9-15-11-12-7-6-8-13(14)10-12/h6-8,10-11H,2-3,9H2,1H3. The second-order valence-electron chi connectivity index (χ2n) is 3.13. The largest absolute Gasteiger partial charge is 0.280 e. The van der Waals surface area contributed by atoms with Crippen molar-refractivity contribution in [1.29, 1.82) is 0 Å². The summed E-state index contributed by atoms with van der Waals surface area (Å²) < 4.78 is 0. The molecule has 1 aromatic rings. The van der Waals surface area contributed by atoms with Gasteiger partial charge in [0, 0.05) is 17.7 Å². The Bertz CT molecular complexity index is 385. The van der Waals surface area contributed by atoms with Gasteiger partial charge in [0.25, 0.3) is 0 Å². The maximum Gasteiger partial charge on any atom is 0.0997 e. The zero-order chi connectivity index (χ0) is 10.9. The first kappa shape index (κ1) is 11.8. The Hall–Kier alpha value is -1.26. The van der Waals surface area contributed by atoms with Gasteiger partial charge in [-0.2, -0.15) is 0 Å². The molecule has 1 nitrogen and oxygen atoms in total. The Kier molecular flexibility index (Phi) is 5.58. The molecule has 0 amide bonds. The Morgan fingerprint density at radius 1 is 1.40 bits per heavy atom. The number of aliphatic imine (C=N–C) groups is 1. The summed E-state index contributed by atoms with van der Waals surface area (Å²) in [5, 5.41) is 0.732. The molecule has 0 unspecified atom stereocenters. The van der Waals surface area contributed by atoms with Crippen LogP contribution in [-0.4, -0.2) is 12.8 Å². The van der Waals surface area contributed by atoms with Crippen LogP contribution in [-0.2, 0) is 0 Å². The predicted octanol–water partition coefficient (Wildman–Crippen LogP) is 3.56. The van der Waals surface area contributed by atoms with Gasteiger partial charge in [0.05, 0.1) is 6.54 Å². The molecule has 1 rings (SSSR count). The Morgan fingerprint density at radius 2 is 2.27 bits per heavy atom. The maximum atomic E-state index is 5.84. The summed E-state index contributed by atoms with van der Waals surface area (Å²) in [5.41, 5.74) is 1.01. The lowest BCUT2D eigenvalue weighted by Crippen LogP contribution is -1.82. The summed E-state index contributed by atoms with van der Waals surface area (Å²) >= 11 is 5.84. The van der Waals surface area contributed by atoms with Crippen LogP contribution in [0.5, 0.6) is 0 Å². The van der Waals surface area contributed by atoms with E-state index in [0.29, 0.717) is 6.54 Å². The van der Waals surface area contributed by atoms with Crippen molar-refractivity contribution >= 4 is 17.8 Å². The molecule has 0 radical (unpaired) electrons. The van der Waals surface area contributed by atoms with E-state index >= 15 is 0 Å². The third kappa shape index (κ3) is 5.24. The summed E-state index contributed by atoms with van der Waals surface area (Å²) in [6, 6.07) is 7.60. The molecule has 0 aliphatic rings. The van der Waals surface area contributed by atoms with E-state index in [-0.39, 0.29) is 0 Å². The minimum absolute atomic E-state index is 0.562. The van der Waals surface area contributed by atoms with E-state index in [1.54, 1.807) is 6.21 Å². The van der Waals surface area contributed by atoms with Gasteiger partial charge in [0.15, 0.2) is 0 Å². The fourth-order valence-electron chi connectivity index (χ4n) is 1.05. The summed E-state index contributed by atoms with van der Waals surface area (Å²) in [7, 11) is 0. The molecule has 15 heavy (non-hydrogen) atoms. The van der Waals surface area contributed by atoms with Crippen LogP contribution in [0.15, 0.2) is 29.3 Å². The summed E-state index contributed by atoms with van der Waals surface area (Å²) in [6.07, 6.45) is 3.85. The highest BCUT2D eigenvalue weighted by Crippen LogP contribution is 2.08. The quantitative estimate of drug-likeness (QED) is 0.545. The number of benzene rings is 1. The fourth-order valence-corrected chi connectivity index (χ4v) is 1.25. The molecule has 0 aromatic heterocycles. The molecule has 0 spiro atoms. The van der Waals surface area contributed by atoms with Crippen LogP contribution in [0.2, 0.25) is 5.02 Å². The smallest absolute Gasteiger partial charge is 0.0997 e. The van der Waals surface area contributed by atoms with Gasteiger partial charge >= 0.3 is 0 Å². The van der Waals surface area contributed by atoms with Crippen LogP contribution >= 0.6 is 11.6 Å². The number of hydrogen-bond donors (Lipinski definition) is 0. The molecule has 0 aliphatic carbocycles. The van der Waals surface area contributed by atoms with Gasteiger partial charge in [-0.15, -0.1) is 5.92 Å². The van der Waals surface area contributed by atoms with Gasteiger partial charge in [-0.1, -0.05) is 36.6 Å². The van der Waals surface area contributed by atoms with E-state index < -0.39 is 0 Å². The summed E-state index contributed by atoms with van der Waals surface area (Å²) in [4.78, 5) is 4.20. The van der Waals surface area contributed by atoms with Crippen LogP contribution < -0.4 is 0 Å². The van der Waals surface area contributed by atoms with Gasteiger partial charge in [-0.3, -0.25) is 4.99 Å². The molecule has 0 heterocycles. The molecule has 78 valence electrons. The molecule has 1 aromatic carbocycles. The average molecular weight is 220 g/mol. The second kappa shape index (κ2) is 7.09. The number of nitrogens with zero attached hydrogens (tertiary/aromatic N) is 1. The highest BCUT2D eigenvalue weighted by Gasteiger charge is 1.88. The van der Waals surface area contributed by atoms with Crippen molar-refractivity contribution in [1.82, 2.24) is 0 Å². The maximum absolute atomic E-state index is 5.84. The van der Waals surface area contributed by atoms with Crippen LogP contribution in [0.1, 0.15) is 25.3 Å². The SMILES string of the molecule is CCCC#CCN=Cc1cccc(Cl)c1. The third-order valence-electron chi connectivity index (χ3n) is 1.76. The highest BCUT2D eigenvalue weighted by molar-refractivity contribution is 6.30. The third-order valence-corrected chi connectivity index (χ3v) is 1.99. The Balaban J connectivity index is 2.42. The van der Waals surface area contributed by atoms with Gasteiger partial charge in [0.1, 0.15) is 0 Å². The predicted molar refractivity (Wildman–Crippen MR) is 66.6 cm³/mol. The Morgan fingerprint density at radius 3 is 3.00 bits per heavy atom. The lowest BCUT2D eigenvalue weighted by atomic mass is 10.2. The molecule has 0 aliphatic heterocycles. The molecule has 0 saturated carbocycles. The molecule has 0 atom stereocenters. The van der Waals surface area contributed by atoms with Crippen molar-refractivity contribution in [3.63, 3.8) is 0 Å². The van der Waals surface area contributed by atoms with Gasteiger partial charge < -0.3 is 0 Å².